The van der Waals surface area contributed by atoms with Crippen LogP contribution in [0.4, 0.5) is 13.2 Å². The van der Waals surface area contributed by atoms with E-state index in [1.807, 2.05) is 30.3 Å². The topological polar surface area (TPSA) is 95.5 Å². The van der Waals surface area contributed by atoms with E-state index in [0.29, 0.717) is 10.6 Å². The molecule has 0 aliphatic rings. The van der Waals surface area contributed by atoms with Crippen molar-refractivity contribution in [3.63, 3.8) is 0 Å². The molecule has 42 heavy (non-hydrogen) atoms. The van der Waals surface area contributed by atoms with Gasteiger partial charge in [0, 0.05) is 17.0 Å². The second kappa shape index (κ2) is 13.2. The van der Waals surface area contributed by atoms with E-state index in [2.05, 4.69) is 10.6 Å². The molecule has 0 bridgehead atoms. The summed E-state index contributed by atoms with van der Waals surface area (Å²) < 4.78 is 39.9. The fourth-order valence-corrected chi connectivity index (χ4v) is 4.19. The molecule has 0 heterocycles. The van der Waals surface area contributed by atoms with Gasteiger partial charge in [-0.1, -0.05) is 78.3 Å². The van der Waals surface area contributed by atoms with Crippen molar-refractivity contribution < 1.29 is 32.7 Å². The lowest BCUT2D eigenvalue weighted by Crippen LogP contribution is -2.45. The molecule has 0 aromatic heterocycles. The van der Waals surface area contributed by atoms with Crippen molar-refractivity contribution in [1.29, 1.82) is 0 Å². The van der Waals surface area contributed by atoms with E-state index >= 15 is 0 Å². The Hall–Kier alpha value is -4.89. The van der Waals surface area contributed by atoms with Gasteiger partial charge >= 0.3 is 12.1 Å². The maximum Gasteiger partial charge on any atom is 0.416 e. The Labute approximate surface area is 244 Å². The third-order valence-electron chi connectivity index (χ3n) is 6.23. The molecule has 4 aromatic carbocycles. The number of alkyl halides is 3. The van der Waals surface area contributed by atoms with E-state index in [1.165, 1.54) is 18.2 Å². The minimum Gasteiger partial charge on any atom is -0.480 e. The van der Waals surface area contributed by atoms with Crippen LogP contribution in [0, 0.1) is 0 Å². The number of carbonyl (C=O) groups is 3. The van der Waals surface area contributed by atoms with Gasteiger partial charge in [-0.15, -0.1) is 0 Å². The van der Waals surface area contributed by atoms with Crippen molar-refractivity contribution in [3.05, 3.63) is 136 Å². The largest absolute Gasteiger partial charge is 0.480 e. The molecule has 0 radical (unpaired) electrons. The van der Waals surface area contributed by atoms with E-state index in [1.54, 1.807) is 36.4 Å². The Kier molecular flexibility index (Phi) is 9.44. The summed E-state index contributed by atoms with van der Waals surface area (Å²) in [5.41, 5.74) is 1.09. The predicted octanol–water partition coefficient (Wildman–Crippen LogP) is 6.61. The lowest BCUT2D eigenvalue weighted by atomic mass is 10.0. The van der Waals surface area contributed by atoms with E-state index in [9.17, 15) is 32.7 Å². The third kappa shape index (κ3) is 8.08. The van der Waals surface area contributed by atoms with Crippen molar-refractivity contribution in [1.82, 2.24) is 10.6 Å². The maximum absolute atomic E-state index is 13.3. The van der Waals surface area contributed by atoms with Crippen LogP contribution in [0.1, 0.15) is 27.0 Å². The van der Waals surface area contributed by atoms with E-state index in [4.69, 9.17) is 11.6 Å². The highest BCUT2D eigenvalue weighted by molar-refractivity contribution is 6.30. The number of carboxylic acid groups (broad SMARTS) is 1. The van der Waals surface area contributed by atoms with Gasteiger partial charge in [-0.05, 0) is 64.7 Å². The summed E-state index contributed by atoms with van der Waals surface area (Å²) in [5, 5.41) is 15.0. The lowest BCUT2D eigenvalue weighted by Gasteiger charge is -2.17. The first kappa shape index (κ1) is 30.1. The second-order valence-electron chi connectivity index (χ2n) is 9.27. The molecule has 0 fully saturated rings. The molecule has 0 aliphatic heterocycles. The zero-order valence-corrected chi connectivity index (χ0v) is 22.6. The molecule has 10 heteroatoms. The summed E-state index contributed by atoms with van der Waals surface area (Å²) in [6.07, 6.45) is -3.69. The summed E-state index contributed by atoms with van der Waals surface area (Å²) in [6, 6.07) is 25.0. The molecule has 0 saturated carbocycles. The Balaban J connectivity index is 1.62. The van der Waals surface area contributed by atoms with E-state index in [0.717, 1.165) is 35.4 Å². The average molecular weight is 593 g/mol. The number of rotatable bonds is 9. The highest BCUT2D eigenvalue weighted by atomic mass is 35.5. The van der Waals surface area contributed by atoms with Crippen LogP contribution in [-0.4, -0.2) is 28.9 Å². The zero-order chi connectivity index (χ0) is 30.3. The van der Waals surface area contributed by atoms with Crippen LogP contribution in [0.2, 0.25) is 5.02 Å². The Morgan fingerprint density at radius 1 is 0.833 bits per heavy atom. The number of amides is 2. The van der Waals surface area contributed by atoms with Crippen LogP contribution in [0.15, 0.2) is 109 Å². The summed E-state index contributed by atoms with van der Waals surface area (Å²) in [4.78, 5) is 38.4. The molecule has 1 atom stereocenters. The summed E-state index contributed by atoms with van der Waals surface area (Å²) >= 11 is 5.89. The van der Waals surface area contributed by atoms with Crippen LogP contribution < -0.4 is 10.6 Å². The summed E-state index contributed by atoms with van der Waals surface area (Å²) in [6.45, 7) is 0. The molecule has 0 unspecified atom stereocenters. The van der Waals surface area contributed by atoms with Crippen LogP contribution in [-0.2, 0) is 22.2 Å². The van der Waals surface area contributed by atoms with E-state index < -0.39 is 41.3 Å². The number of nitrogens with one attached hydrogen (secondary N) is 2. The number of carbonyl (C=O) groups excluding carboxylic acids is 2. The molecule has 0 aliphatic carbocycles. The smallest absolute Gasteiger partial charge is 0.416 e. The summed E-state index contributed by atoms with van der Waals surface area (Å²) in [7, 11) is 0. The first-order chi connectivity index (χ1) is 20.0. The Morgan fingerprint density at radius 2 is 1.48 bits per heavy atom. The minimum atomic E-state index is -4.64. The van der Waals surface area contributed by atoms with Crippen LogP contribution in [0.5, 0.6) is 0 Å². The van der Waals surface area contributed by atoms with Gasteiger partial charge in [0.25, 0.3) is 11.8 Å². The maximum atomic E-state index is 13.3. The quantitative estimate of drug-likeness (QED) is 0.191. The van der Waals surface area contributed by atoms with Crippen LogP contribution in [0.3, 0.4) is 0 Å². The number of carboxylic acids is 1. The van der Waals surface area contributed by atoms with Crippen molar-refractivity contribution in [2.45, 2.75) is 18.6 Å². The number of halogens is 4. The third-order valence-corrected chi connectivity index (χ3v) is 6.48. The second-order valence-corrected chi connectivity index (χ2v) is 9.71. The standard InChI is InChI=1S/C32H24ClF3N2O4/c33-26-15-9-20(10-16-26)18-28(31(41)42)38-30(40)27(19-21-5-4-8-25(17-21)32(34,35)36)37-29(39)24-13-11-23(12-14-24)22-6-2-1-3-7-22/h1-17,19,28H,18H2,(H,37,39)(H,38,40)(H,41,42)/b27-19+/t28-/m0/s1. The highest BCUT2D eigenvalue weighted by Crippen LogP contribution is 2.30. The number of benzene rings is 4. The van der Waals surface area contributed by atoms with Gasteiger partial charge in [0.05, 0.1) is 5.56 Å². The van der Waals surface area contributed by atoms with Crippen molar-refractivity contribution >= 4 is 35.5 Å². The lowest BCUT2D eigenvalue weighted by molar-refractivity contribution is -0.141. The van der Waals surface area contributed by atoms with Crippen molar-refractivity contribution in [3.8, 4) is 11.1 Å². The first-order valence-corrected chi connectivity index (χ1v) is 13.0. The van der Waals surface area contributed by atoms with Gasteiger partial charge in [-0.25, -0.2) is 4.79 Å². The van der Waals surface area contributed by atoms with Crippen molar-refractivity contribution in [2.75, 3.05) is 0 Å². The Bertz CT molecular complexity index is 1600. The summed E-state index contributed by atoms with van der Waals surface area (Å²) in [5.74, 6) is -3.06. The first-order valence-electron chi connectivity index (χ1n) is 12.6. The van der Waals surface area contributed by atoms with Crippen LogP contribution >= 0.6 is 11.6 Å². The van der Waals surface area contributed by atoms with Gasteiger partial charge in [0.15, 0.2) is 0 Å². The van der Waals surface area contributed by atoms with Gasteiger partial charge in [0.2, 0.25) is 0 Å². The number of hydrogen-bond acceptors (Lipinski definition) is 3. The molecule has 0 saturated heterocycles. The normalized spacial score (nSPS) is 12.3. The van der Waals surface area contributed by atoms with Crippen molar-refractivity contribution in [2.24, 2.45) is 0 Å². The van der Waals surface area contributed by atoms with Crippen LogP contribution in [0.25, 0.3) is 17.2 Å². The molecule has 6 nitrogen and oxygen atoms in total. The van der Waals surface area contributed by atoms with Gasteiger partial charge in [-0.3, -0.25) is 9.59 Å². The number of aliphatic carboxylic acids is 1. The molecule has 2 amide bonds. The number of hydrogen-bond donors (Lipinski definition) is 3. The molecular weight excluding hydrogens is 569 g/mol. The molecule has 4 aromatic rings. The van der Waals surface area contributed by atoms with Gasteiger partial charge < -0.3 is 15.7 Å². The van der Waals surface area contributed by atoms with Gasteiger partial charge in [-0.2, -0.15) is 13.2 Å². The molecule has 4 rings (SSSR count). The monoisotopic (exact) mass is 592 g/mol. The highest BCUT2D eigenvalue weighted by Gasteiger charge is 2.30. The SMILES string of the molecule is O=C(N[C@@H](Cc1ccc(Cl)cc1)C(=O)O)/C(=C\c1cccc(C(F)(F)F)c1)NC(=O)c1ccc(-c2ccccc2)cc1. The van der Waals surface area contributed by atoms with Gasteiger partial charge in [0.1, 0.15) is 11.7 Å². The zero-order valence-electron chi connectivity index (χ0n) is 21.9. The molecular formula is C32H24ClF3N2O4. The minimum absolute atomic E-state index is 0.0284. The average Bonchev–Trinajstić information content (AvgIpc) is 2.97. The fraction of sp³-hybridized carbons (Fsp3) is 0.0938. The molecule has 3 N–H and O–H groups in total. The van der Waals surface area contributed by atoms with E-state index in [-0.39, 0.29) is 17.5 Å². The molecule has 0 spiro atoms. The predicted molar refractivity (Wildman–Crippen MR) is 153 cm³/mol. The molecule has 214 valence electrons. The fourth-order valence-electron chi connectivity index (χ4n) is 4.06. The Morgan fingerprint density at radius 3 is 2.10 bits per heavy atom.